The summed E-state index contributed by atoms with van der Waals surface area (Å²) in [5.74, 6) is -0.443. The van der Waals surface area contributed by atoms with Crippen molar-refractivity contribution in [3.63, 3.8) is 0 Å². The highest BCUT2D eigenvalue weighted by Crippen LogP contribution is 2.42. The lowest BCUT2D eigenvalue weighted by Gasteiger charge is -2.40. The molecular weight excluding hydrogens is 380 g/mol. The topological polar surface area (TPSA) is 70.4 Å². The standard InChI is InChI=1S/C24H24N2O4/c1-5-24(30-23(2,3)4)17-11-19-20-15(10-14-8-6-7-9-18(14)25-20)12-26(19)21(27)16(17)13-29-22(24)28/h6-11H,5,12-13H2,1-4H3. The summed E-state index contributed by atoms with van der Waals surface area (Å²) in [6, 6.07) is 11.9. The van der Waals surface area contributed by atoms with Gasteiger partial charge in [-0.1, -0.05) is 25.1 Å². The number of carbonyl (C=O) groups excluding carboxylic acids is 1. The second-order valence-electron chi connectivity index (χ2n) is 8.97. The highest BCUT2D eigenvalue weighted by atomic mass is 16.6. The Balaban J connectivity index is 1.78. The molecule has 3 aromatic rings. The van der Waals surface area contributed by atoms with Gasteiger partial charge in [0.15, 0.2) is 5.60 Å². The molecule has 5 rings (SSSR count). The van der Waals surface area contributed by atoms with E-state index in [1.165, 1.54) is 0 Å². The fourth-order valence-electron chi connectivity index (χ4n) is 4.61. The third-order valence-corrected chi connectivity index (χ3v) is 5.86. The number of rotatable bonds is 2. The van der Waals surface area contributed by atoms with Crippen molar-refractivity contribution in [1.29, 1.82) is 0 Å². The van der Waals surface area contributed by atoms with Crippen LogP contribution < -0.4 is 5.56 Å². The zero-order chi connectivity index (χ0) is 21.3. The van der Waals surface area contributed by atoms with Crippen LogP contribution in [0, 0.1) is 0 Å². The van der Waals surface area contributed by atoms with Crippen LogP contribution in [0.1, 0.15) is 50.8 Å². The van der Waals surface area contributed by atoms with Crippen LogP contribution in [0.15, 0.2) is 41.2 Å². The van der Waals surface area contributed by atoms with Crippen molar-refractivity contribution in [3.05, 3.63) is 63.4 Å². The summed E-state index contributed by atoms with van der Waals surface area (Å²) < 4.78 is 13.5. The normalized spacial score (nSPS) is 19.9. The first-order valence-corrected chi connectivity index (χ1v) is 10.3. The Hall–Kier alpha value is -2.99. The van der Waals surface area contributed by atoms with E-state index in [1.807, 2.05) is 58.0 Å². The van der Waals surface area contributed by atoms with Crippen LogP contribution in [-0.2, 0) is 33.0 Å². The van der Waals surface area contributed by atoms with E-state index in [0.717, 1.165) is 27.9 Å². The third kappa shape index (κ3) is 2.63. The van der Waals surface area contributed by atoms with Crippen LogP contribution in [-0.4, -0.2) is 21.1 Å². The van der Waals surface area contributed by atoms with E-state index in [-0.39, 0.29) is 12.2 Å². The molecule has 0 fully saturated rings. The molecule has 2 aromatic heterocycles. The van der Waals surface area contributed by atoms with Gasteiger partial charge in [0.2, 0.25) is 0 Å². The second-order valence-corrected chi connectivity index (χ2v) is 8.97. The lowest BCUT2D eigenvalue weighted by atomic mass is 9.84. The smallest absolute Gasteiger partial charge is 0.343 e. The molecule has 6 heteroatoms. The Morgan fingerprint density at radius 2 is 1.97 bits per heavy atom. The molecule has 0 radical (unpaired) electrons. The SMILES string of the molecule is CCC1(OC(C)(C)C)C(=O)OCc2c1cc1n(c2=O)Cc2cc3ccccc3nc2-1. The van der Waals surface area contributed by atoms with Gasteiger partial charge >= 0.3 is 5.97 Å². The molecule has 2 aliphatic heterocycles. The van der Waals surface area contributed by atoms with Crippen molar-refractivity contribution in [2.75, 3.05) is 0 Å². The van der Waals surface area contributed by atoms with Gasteiger partial charge in [-0.15, -0.1) is 0 Å². The van der Waals surface area contributed by atoms with Crippen LogP contribution >= 0.6 is 0 Å². The third-order valence-electron chi connectivity index (χ3n) is 5.86. The molecule has 0 saturated carbocycles. The van der Waals surface area contributed by atoms with E-state index in [2.05, 4.69) is 6.07 Å². The average Bonchev–Trinajstić information content (AvgIpc) is 3.06. The van der Waals surface area contributed by atoms with Gasteiger partial charge in [0.25, 0.3) is 5.56 Å². The van der Waals surface area contributed by atoms with E-state index < -0.39 is 17.2 Å². The molecular formula is C24H24N2O4. The number of hydrogen-bond donors (Lipinski definition) is 0. The maximum atomic E-state index is 13.4. The maximum Gasteiger partial charge on any atom is 0.343 e. The number of benzene rings is 1. The number of fused-ring (bicyclic) bond motifs is 5. The van der Waals surface area contributed by atoms with Gasteiger partial charge in [-0.05, 0) is 45.4 Å². The Morgan fingerprint density at radius 3 is 2.70 bits per heavy atom. The van der Waals surface area contributed by atoms with Gasteiger partial charge in [-0.3, -0.25) is 4.79 Å². The van der Waals surface area contributed by atoms with Crippen molar-refractivity contribution in [2.45, 2.75) is 58.5 Å². The molecule has 1 aromatic carbocycles. The lowest BCUT2D eigenvalue weighted by Crippen LogP contribution is -2.49. The van der Waals surface area contributed by atoms with Crippen molar-refractivity contribution >= 4 is 16.9 Å². The van der Waals surface area contributed by atoms with Crippen molar-refractivity contribution in [1.82, 2.24) is 9.55 Å². The van der Waals surface area contributed by atoms with Crippen LogP contribution in [0.25, 0.3) is 22.3 Å². The zero-order valence-corrected chi connectivity index (χ0v) is 17.6. The van der Waals surface area contributed by atoms with E-state index in [4.69, 9.17) is 14.5 Å². The molecule has 0 aliphatic carbocycles. The predicted molar refractivity (Wildman–Crippen MR) is 113 cm³/mol. The summed E-state index contributed by atoms with van der Waals surface area (Å²) >= 11 is 0. The number of para-hydroxylation sites is 1. The number of hydrogen-bond acceptors (Lipinski definition) is 5. The van der Waals surface area contributed by atoms with Crippen LogP contribution in [0.4, 0.5) is 0 Å². The number of pyridine rings is 2. The van der Waals surface area contributed by atoms with Gasteiger partial charge in [0.1, 0.15) is 6.61 Å². The minimum Gasteiger partial charge on any atom is -0.458 e. The summed E-state index contributed by atoms with van der Waals surface area (Å²) in [5.41, 5.74) is 2.44. The second kappa shape index (κ2) is 6.25. The van der Waals surface area contributed by atoms with Crippen LogP contribution in [0.2, 0.25) is 0 Å². The molecule has 154 valence electrons. The summed E-state index contributed by atoms with van der Waals surface area (Å²) in [7, 11) is 0. The maximum absolute atomic E-state index is 13.4. The number of nitrogens with zero attached hydrogens (tertiary/aromatic N) is 2. The van der Waals surface area contributed by atoms with Crippen molar-refractivity contribution in [3.8, 4) is 11.4 Å². The highest BCUT2D eigenvalue weighted by molar-refractivity contribution is 5.86. The fraction of sp³-hybridized carbons (Fsp3) is 0.375. The van der Waals surface area contributed by atoms with E-state index in [9.17, 15) is 9.59 Å². The quantitative estimate of drug-likeness (QED) is 0.474. The van der Waals surface area contributed by atoms with E-state index in [0.29, 0.717) is 24.1 Å². The number of esters is 1. The molecule has 30 heavy (non-hydrogen) atoms. The number of ether oxygens (including phenoxy) is 2. The largest absolute Gasteiger partial charge is 0.458 e. The van der Waals surface area contributed by atoms with Crippen LogP contribution in [0.5, 0.6) is 0 Å². The fourth-order valence-corrected chi connectivity index (χ4v) is 4.61. The minimum absolute atomic E-state index is 0.0335. The minimum atomic E-state index is -1.31. The highest BCUT2D eigenvalue weighted by Gasteiger charge is 2.50. The molecule has 0 bridgehead atoms. The monoisotopic (exact) mass is 404 g/mol. The Morgan fingerprint density at radius 1 is 1.20 bits per heavy atom. The van der Waals surface area contributed by atoms with Gasteiger partial charge in [0.05, 0.1) is 34.6 Å². The van der Waals surface area contributed by atoms with E-state index >= 15 is 0 Å². The average molecular weight is 404 g/mol. The molecule has 2 aliphatic rings. The van der Waals surface area contributed by atoms with Crippen LogP contribution in [0.3, 0.4) is 0 Å². The molecule has 6 nitrogen and oxygen atoms in total. The predicted octanol–water partition coefficient (Wildman–Crippen LogP) is 3.90. The first-order chi connectivity index (χ1) is 14.2. The molecule has 0 saturated heterocycles. The van der Waals surface area contributed by atoms with Gasteiger partial charge in [-0.25, -0.2) is 9.78 Å². The zero-order valence-electron chi connectivity index (χ0n) is 17.6. The van der Waals surface area contributed by atoms with Crippen molar-refractivity contribution < 1.29 is 14.3 Å². The Kier molecular flexibility index (Phi) is 3.96. The Labute approximate surface area is 174 Å². The number of cyclic esters (lactones) is 1. The molecule has 4 heterocycles. The molecule has 1 atom stereocenters. The van der Waals surface area contributed by atoms with Gasteiger partial charge in [0, 0.05) is 16.5 Å². The first kappa shape index (κ1) is 19.0. The number of carbonyl (C=O) groups is 1. The summed E-state index contributed by atoms with van der Waals surface area (Å²) in [5, 5.41) is 1.04. The molecule has 0 spiro atoms. The molecule has 1 unspecified atom stereocenters. The number of aromatic nitrogens is 2. The summed E-state index contributed by atoms with van der Waals surface area (Å²) in [6.45, 7) is 8.00. The van der Waals surface area contributed by atoms with Crippen molar-refractivity contribution in [2.24, 2.45) is 0 Å². The summed E-state index contributed by atoms with van der Waals surface area (Å²) in [4.78, 5) is 31.2. The Bertz CT molecular complexity index is 1270. The first-order valence-electron chi connectivity index (χ1n) is 10.3. The van der Waals surface area contributed by atoms with Gasteiger partial charge in [-0.2, -0.15) is 0 Å². The van der Waals surface area contributed by atoms with E-state index in [1.54, 1.807) is 4.57 Å². The lowest BCUT2D eigenvalue weighted by molar-refractivity contribution is -0.200. The molecule has 0 amide bonds. The van der Waals surface area contributed by atoms with Gasteiger partial charge < -0.3 is 14.0 Å². The molecule has 0 N–H and O–H groups in total. The summed E-state index contributed by atoms with van der Waals surface area (Å²) in [6.07, 6.45) is 0.372.